The molecule has 2 N–H and O–H groups in total. The Labute approximate surface area is 268 Å². The summed E-state index contributed by atoms with van der Waals surface area (Å²) < 4.78 is 47.6. The molecule has 0 bridgehead atoms. The second-order valence-electron chi connectivity index (χ2n) is 11.7. The summed E-state index contributed by atoms with van der Waals surface area (Å²) in [6.07, 6.45) is 1.47. The number of ether oxygens (including phenoxy) is 1. The van der Waals surface area contributed by atoms with Gasteiger partial charge in [-0.2, -0.15) is 15.0 Å². The molecule has 0 amide bonds. The van der Waals surface area contributed by atoms with Crippen molar-refractivity contribution in [3.8, 4) is 5.88 Å². The van der Waals surface area contributed by atoms with Crippen LogP contribution in [0.4, 0.5) is 29.0 Å². The predicted octanol–water partition coefficient (Wildman–Crippen LogP) is 4.87. The van der Waals surface area contributed by atoms with Crippen molar-refractivity contribution in [3.05, 3.63) is 78.5 Å². The lowest BCUT2D eigenvalue weighted by Crippen LogP contribution is -2.44. The van der Waals surface area contributed by atoms with Crippen LogP contribution in [0.2, 0.25) is 0 Å². The van der Waals surface area contributed by atoms with Crippen LogP contribution in [0.1, 0.15) is 5.56 Å². The lowest BCUT2D eigenvalue weighted by molar-refractivity contribution is 0.311. The van der Waals surface area contributed by atoms with Gasteiger partial charge in [0.1, 0.15) is 24.5 Å². The number of aryl methyl sites for hydroxylation is 1. The Morgan fingerprint density at radius 1 is 0.848 bits per heavy atom. The topological polar surface area (TPSA) is 135 Å². The summed E-state index contributed by atoms with van der Waals surface area (Å²) in [4.78, 5) is 18.8. The van der Waals surface area contributed by atoms with Crippen LogP contribution < -0.4 is 25.6 Å². The van der Waals surface area contributed by atoms with Crippen LogP contribution in [0.5, 0.6) is 5.88 Å². The Kier molecular flexibility index (Phi) is 8.49. The molecule has 1 saturated heterocycles. The summed E-state index contributed by atoms with van der Waals surface area (Å²) in [5, 5.41) is 7.63. The van der Waals surface area contributed by atoms with Gasteiger partial charge in [0.05, 0.1) is 23.1 Å². The maximum absolute atomic E-state index is 13.8. The number of para-hydroxylation sites is 1. The molecule has 1 fully saturated rings. The normalized spacial score (nSPS) is 14.4. The molecule has 0 atom stereocenters. The summed E-state index contributed by atoms with van der Waals surface area (Å²) in [7, 11) is -3.03. The van der Waals surface area contributed by atoms with Crippen LogP contribution in [0.25, 0.3) is 11.0 Å². The SMILES string of the molecule is COc1nc(N2CCN(C)CC2)ccc1Nc1nc(Nc2ccccc2P(C)(C)=O)c2ccn(S(=O)(=O)c3ccc(C)cc3)c2n1. The van der Waals surface area contributed by atoms with E-state index in [2.05, 4.69) is 32.5 Å². The van der Waals surface area contributed by atoms with Crippen LogP contribution in [-0.2, 0) is 14.6 Å². The number of benzene rings is 2. The summed E-state index contributed by atoms with van der Waals surface area (Å²) >= 11 is 0. The molecule has 0 aliphatic carbocycles. The maximum atomic E-state index is 13.8. The van der Waals surface area contributed by atoms with Gasteiger partial charge in [-0.3, -0.25) is 0 Å². The van der Waals surface area contributed by atoms with Gasteiger partial charge in [0.25, 0.3) is 10.0 Å². The van der Waals surface area contributed by atoms with Gasteiger partial charge in [0.2, 0.25) is 11.8 Å². The first-order valence-electron chi connectivity index (χ1n) is 14.8. The third-order valence-corrected chi connectivity index (χ3v) is 11.2. The second-order valence-corrected chi connectivity index (χ2v) is 16.7. The number of pyridine rings is 1. The molecule has 0 radical (unpaired) electrons. The minimum atomic E-state index is -4.00. The molecule has 14 heteroatoms. The smallest absolute Gasteiger partial charge is 0.269 e. The van der Waals surface area contributed by atoms with Crippen LogP contribution >= 0.6 is 7.14 Å². The largest absolute Gasteiger partial charge is 0.479 e. The molecule has 5 aromatic rings. The number of nitrogens with zero attached hydrogens (tertiary/aromatic N) is 6. The van der Waals surface area contributed by atoms with E-state index in [1.807, 2.05) is 43.3 Å². The zero-order valence-corrected chi connectivity index (χ0v) is 28.1. The zero-order chi connectivity index (χ0) is 32.6. The third kappa shape index (κ3) is 6.31. The van der Waals surface area contributed by atoms with Gasteiger partial charge in [-0.1, -0.05) is 29.8 Å². The molecule has 4 heterocycles. The van der Waals surface area contributed by atoms with Crippen molar-refractivity contribution in [2.45, 2.75) is 11.8 Å². The Balaban J connectivity index is 1.45. The maximum Gasteiger partial charge on any atom is 0.269 e. The molecular weight excluding hydrogens is 623 g/mol. The molecule has 3 aromatic heterocycles. The fourth-order valence-corrected chi connectivity index (χ4v) is 7.80. The van der Waals surface area contributed by atoms with E-state index in [0.717, 1.165) is 41.5 Å². The molecule has 6 rings (SSSR count). The highest BCUT2D eigenvalue weighted by Gasteiger charge is 2.24. The Hall–Kier alpha value is -4.45. The molecule has 0 spiro atoms. The molecule has 0 saturated carbocycles. The summed E-state index contributed by atoms with van der Waals surface area (Å²) in [6, 6.07) is 19.4. The zero-order valence-electron chi connectivity index (χ0n) is 26.4. The average Bonchev–Trinajstić information content (AvgIpc) is 3.47. The highest BCUT2D eigenvalue weighted by Crippen LogP contribution is 2.39. The number of fused-ring (bicyclic) bond motifs is 1. The number of methoxy groups -OCH3 is 1. The van der Waals surface area contributed by atoms with Crippen molar-refractivity contribution in [1.29, 1.82) is 0 Å². The van der Waals surface area contributed by atoms with Crippen molar-refractivity contribution >= 4 is 62.5 Å². The molecule has 2 aromatic carbocycles. The van der Waals surface area contributed by atoms with Crippen LogP contribution in [0.3, 0.4) is 0 Å². The molecule has 1 aliphatic rings. The van der Waals surface area contributed by atoms with Crippen molar-refractivity contribution in [2.75, 3.05) is 69.2 Å². The van der Waals surface area contributed by atoms with Crippen LogP contribution in [-0.4, -0.2) is 85.9 Å². The Bertz CT molecular complexity index is 2050. The van der Waals surface area contributed by atoms with E-state index in [1.165, 1.54) is 6.20 Å². The number of rotatable bonds is 9. The Morgan fingerprint density at radius 2 is 1.57 bits per heavy atom. The lowest BCUT2D eigenvalue weighted by Gasteiger charge is -2.33. The molecule has 12 nitrogen and oxygen atoms in total. The number of hydrogen-bond acceptors (Lipinski definition) is 11. The summed E-state index contributed by atoms with van der Waals surface area (Å²) in [5.74, 6) is 1.61. The first-order chi connectivity index (χ1) is 21.9. The van der Waals surface area contributed by atoms with Gasteiger partial charge in [-0.05, 0) is 69.8 Å². The minimum absolute atomic E-state index is 0.121. The van der Waals surface area contributed by atoms with Crippen LogP contribution in [0.15, 0.2) is 77.8 Å². The highest BCUT2D eigenvalue weighted by atomic mass is 32.2. The summed E-state index contributed by atoms with van der Waals surface area (Å²) in [5.41, 5.74) is 2.22. The number of anilines is 5. The van der Waals surface area contributed by atoms with E-state index in [1.54, 1.807) is 50.8 Å². The van der Waals surface area contributed by atoms with E-state index in [-0.39, 0.29) is 16.5 Å². The predicted molar refractivity (Wildman–Crippen MR) is 184 cm³/mol. The third-order valence-electron chi connectivity index (χ3n) is 7.94. The van der Waals surface area contributed by atoms with E-state index in [9.17, 15) is 13.0 Å². The van der Waals surface area contributed by atoms with Gasteiger partial charge in [-0.25, -0.2) is 12.4 Å². The fraction of sp³-hybridized carbons (Fsp3) is 0.281. The van der Waals surface area contributed by atoms with Crippen molar-refractivity contribution < 1.29 is 17.7 Å². The molecule has 1 aliphatic heterocycles. The van der Waals surface area contributed by atoms with Gasteiger partial charge >= 0.3 is 0 Å². The van der Waals surface area contributed by atoms with E-state index in [4.69, 9.17) is 14.7 Å². The first-order valence-corrected chi connectivity index (χ1v) is 18.9. The van der Waals surface area contributed by atoms with Crippen molar-refractivity contribution in [2.24, 2.45) is 0 Å². The number of likely N-dealkylation sites (N-methyl/N-ethyl adjacent to an activating group) is 1. The number of piperazine rings is 1. The van der Waals surface area contributed by atoms with Crippen LogP contribution in [0, 0.1) is 6.92 Å². The number of nitrogens with one attached hydrogen (secondary N) is 2. The van der Waals surface area contributed by atoms with Gasteiger partial charge < -0.3 is 29.7 Å². The van der Waals surface area contributed by atoms with E-state index < -0.39 is 17.2 Å². The van der Waals surface area contributed by atoms with Crippen molar-refractivity contribution in [3.63, 3.8) is 0 Å². The van der Waals surface area contributed by atoms with E-state index in [0.29, 0.717) is 33.8 Å². The van der Waals surface area contributed by atoms with Gasteiger partial charge in [0.15, 0.2) is 5.65 Å². The highest BCUT2D eigenvalue weighted by molar-refractivity contribution is 7.90. The van der Waals surface area contributed by atoms with E-state index >= 15 is 0 Å². The molecular formula is C32H37N8O4PS. The Morgan fingerprint density at radius 3 is 2.26 bits per heavy atom. The number of aromatic nitrogens is 4. The molecule has 240 valence electrons. The summed E-state index contributed by atoms with van der Waals surface area (Å²) in [6.45, 7) is 8.88. The monoisotopic (exact) mass is 660 g/mol. The van der Waals surface area contributed by atoms with Gasteiger partial charge in [-0.15, -0.1) is 0 Å². The van der Waals surface area contributed by atoms with Gasteiger partial charge in [0, 0.05) is 37.7 Å². The standard InChI is InChI=1S/C32H37N8O4PS/c1-22-10-12-23(13-11-22)46(42,43)40-17-16-24-29(33-25-8-6-7-9-27(25)45(4,5)41)36-32(37-30(24)40)34-26-14-15-28(35-31(26)44-3)39-20-18-38(2)19-21-39/h6-17H,18-21H2,1-5H3,(H2,33,34,36,37). The first kappa shape index (κ1) is 31.5. The minimum Gasteiger partial charge on any atom is -0.479 e. The number of hydrogen-bond donors (Lipinski definition) is 2. The fourth-order valence-electron chi connectivity index (χ4n) is 5.35. The average molecular weight is 661 g/mol. The quantitative estimate of drug-likeness (QED) is 0.210. The molecule has 0 unspecified atom stereocenters. The lowest BCUT2D eigenvalue weighted by atomic mass is 10.2. The van der Waals surface area contributed by atoms with Crippen molar-refractivity contribution in [1.82, 2.24) is 23.8 Å². The molecule has 46 heavy (non-hydrogen) atoms. The second kappa shape index (κ2) is 12.4.